The maximum atomic E-state index is 13.0. The summed E-state index contributed by atoms with van der Waals surface area (Å²) in [5, 5.41) is 0. The maximum absolute atomic E-state index is 13.0. The number of nitrogens with one attached hydrogen (secondary N) is 1. The van der Waals surface area contributed by atoms with Gasteiger partial charge in [0.05, 0.1) is 33.6 Å². The van der Waals surface area contributed by atoms with Crippen molar-refractivity contribution in [1.82, 2.24) is 9.13 Å². The third-order valence-electron chi connectivity index (χ3n) is 4.90. The van der Waals surface area contributed by atoms with Gasteiger partial charge in [-0.2, -0.15) is 0 Å². The molecule has 0 saturated carbocycles. The van der Waals surface area contributed by atoms with Gasteiger partial charge in [-0.3, -0.25) is 13.9 Å². The molecule has 0 saturated heterocycles. The van der Waals surface area contributed by atoms with Gasteiger partial charge in [0.15, 0.2) is 0 Å². The molecular formula is C21H21N3O4S2. The predicted octanol–water partition coefficient (Wildman–Crippen LogP) is 3.87. The summed E-state index contributed by atoms with van der Waals surface area (Å²) in [5.41, 5.74) is 2.59. The number of aromatic nitrogens is 2. The summed E-state index contributed by atoms with van der Waals surface area (Å²) in [6.07, 6.45) is 1.60. The summed E-state index contributed by atoms with van der Waals surface area (Å²) in [6.45, 7) is 1.90. The van der Waals surface area contributed by atoms with Crippen LogP contribution < -0.4 is 10.4 Å². The minimum absolute atomic E-state index is 0.175. The second-order valence-electron chi connectivity index (χ2n) is 7.02. The average Bonchev–Trinajstić information content (AvgIpc) is 3.30. The van der Waals surface area contributed by atoms with E-state index in [2.05, 4.69) is 4.72 Å². The number of sulfonamides is 1. The van der Waals surface area contributed by atoms with Crippen molar-refractivity contribution in [2.75, 3.05) is 4.72 Å². The first-order valence-electron chi connectivity index (χ1n) is 9.20. The van der Waals surface area contributed by atoms with Crippen LogP contribution in [-0.2, 0) is 29.9 Å². The highest BCUT2D eigenvalue weighted by Crippen LogP contribution is 2.35. The zero-order valence-electron chi connectivity index (χ0n) is 16.7. The van der Waals surface area contributed by atoms with Crippen LogP contribution in [0.2, 0.25) is 0 Å². The first-order chi connectivity index (χ1) is 14.3. The Morgan fingerprint density at radius 1 is 1.03 bits per heavy atom. The number of furan rings is 1. The first-order valence-corrected chi connectivity index (χ1v) is 11.7. The second-order valence-corrected chi connectivity index (χ2v) is 9.72. The third kappa shape index (κ3) is 3.78. The molecule has 0 aliphatic carbocycles. The topological polar surface area (TPSA) is 86.2 Å². The molecule has 0 unspecified atom stereocenters. The number of nitrogens with zero attached hydrogens (tertiary/aromatic N) is 2. The molecule has 4 aromatic rings. The van der Waals surface area contributed by atoms with Crippen molar-refractivity contribution >= 4 is 38.5 Å². The summed E-state index contributed by atoms with van der Waals surface area (Å²) < 4.78 is 37.1. The van der Waals surface area contributed by atoms with E-state index in [1.807, 2.05) is 19.1 Å². The summed E-state index contributed by atoms with van der Waals surface area (Å²) in [7, 11) is -0.429. The number of fused-ring (bicyclic) bond motifs is 1. The highest BCUT2D eigenvalue weighted by atomic mass is 32.2. The van der Waals surface area contributed by atoms with E-state index in [1.165, 1.54) is 16.3 Å². The highest BCUT2D eigenvalue weighted by molar-refractivity contribution is 7.98. The number of hydrogen-bond acceptors (Lipinski definition) is 5. The van der Waals surface area contributed by atoms with Crippen molar-refractivity contribution < 1.29 is 12.8 Å². The Labute approximate surface area is 178 Å². The lowest BCUT2D eigenvalue weighted by Crippen LogP contribution is -2.19. The van der Waals surface area contributed by atoms with E-state index in [-0.39, 0.29) is 10.6 Å². The molecule has 7 nitrogen and oxygen atoms in total. The van der Waals surface area contributed by atoms with Gasteiger partial charge in [0, 0.05) is 19.0 Å². The molecule has 0 aliphatic rings. The summed E-state index contributed by atoms with van der Waals surface area (Å²) >= 11 is 1.44. The van der Waals surface area contributed by atoms with Gasteiger partial charge in [-0.05, 0) is 43.3 Å². The van der Waals surface area contributed by atoms with Crippen molar-refractivity contribution in [3.8, 4) is 0 Å². The predicted molar refractivity (Wildman–Crippen MR) is 118 cm³/mol. The number of anilines is 1. The molecular weight excluding hydrogens is 422 g/mol. The van der Waals surface area contributed by atoms with Crippen LogP contribution >= 0.6 is 11.8 Å². The number of hydrogen-bond donors (Lipinski definition) is 1. The minimum Gasteiger partial charge on any atom is -0.468 e. The largest absolute Gasteiger partial charge is 0.468 e. The van der Waals surface area contributed by atoms with E-state index in [9.17, 15) is 13.2 Å². The van der Waals surface area contributed by atoms with Gasteiger partial charge in [0.25, 0.3) is 10.0 Å². The van der Waals surface area contributed by atoms with Crippen molar-refractivity contribution in [1.29, 1.82) is 0 Å². The number of imidazole rings is 1. The van der Waals surface area contributed by atoms with Crippen LogP contribution in [0.15, 0.2) is 73.8 Å². The highest BCUT2D eigenvalue weighted by Gasteiger charge is 2.19. The number of benzene rings is 2. The van der Waals surface area contributed by atoms with E-state index in [0.29, 0.717) is 21.9 Å². The van der Waals surface area contributed by atoms with Crippen LogP contribution in [-0.4, -0.2) is 17.6 Å². The van der Waals surface area contributed by atoms with Gasteiger partial charge in [0.2, 0.25) is 0 Å². The molecule has 2 aromatic heterocycles. The molecule has 0 atom stereocenters. The average molecular weight is 444 g/mol. The quantitative estimate of drug-likeness (QED) is 0.457. The summed E-state index contributed by atoms with van der Waals surface area (Å²) in [4.78, 5) is 13.2. The molecule has 2 aromatic carbocycles. The fourth-order valence-corrected chi connectivity index (χ4v) is 5.25. The monoisotopic (exact) mass is 443 g/mol. The summed E-state index contributed by atoms with van der Waals surface area (Å²) in [6, 6.07) is 13.9. The lowest BCUT2D eigenvalue weighted by molar-refractivity contribution is 0.530. The molecule has 1 N–H and O–H groups in total. The Kier molecular flexibility index (Phi) is 5.25. The summed E-state index contributed by atoms with van der Waals surface area (Å²) in [5.74, 6) is 1.30. The van der Waals surface area contributed by atoms with Crippen molar-refractivity contribution in [2.24, 2.45) is 14.1 Å². The fourth-order valence-electron chi connectivity index (χ4n) is 3.19. The maximum Gasteiger partial charge on any atom is 0.328 e. The fraction of sp³-hybridized carbons (Fsp3) is 0.190. The molecule has 0 amide bonds. The molecule has 156 valence electrons. The zero-order chi connectivity index (χ0) is 21.5. The van der Waals surface area contributed by atoms with Crippen LogP contribution in [0, 0.1) is 6.92 Å². The standard InChI is InChI=1S/C21H21N3O4S2/c1-14-6-8-16(9-7-14)30(26,27)22-17-11-18-19(24(3)21(25)23(18)2)12-20(17)29-13-15-5-4-10-28-15/h4-12,22H,13H2,1-3H3. The van der Waals surface area contributed by atoms with E-state index in [0.717, 1.165) is 16.8 Å². The lowest BCUT2D eigenvalue weighted by Gasteiger charge is -2.13. The minimum atomic E-state index is -3.79. The van der Waals surface area contributed by atoms with Gasteiger partial charge in [-0.25, -0.2) is 13.2 Å². The SMILES string of the molecule is Cc1ccc(S(=O)(=O)Nc2cc3c(cc2SCc2ccco2)n(C)c(=O)n3C)cc1. The van der Waals surface area contributed by atoms with E-state index >= 15 is 0 Å². The molecule has 0 spiro atoms. The Morgan fingerprint density at radius 3 is 2.33 bits per heavy atom. The molecule has 0 aliphatic heterocycles. The van der Waals surface area contributed by atoms with Crippen molar-refractivity contribution in [2.45, 2.75) is 22.5 Å². The third-order valence-corrected chi connectivity index (χ3v) is 7.36. The molecule has 0 fully saturated rings. The number of thioether (sulfide) groups is 1. The van der Waals surface area contributed by atoms with Crippen LogP contribution in [0.1, 0.15) is 11.3 Å². The van der Waals surface area contributed by atoms with Gasteiger partial charge >= 0.3 is 5.69 Å². The smallest absolute Gasteiger partial charge is 0.328 e. The van der Waals surface area contributed by atoms with Crippen LogP contribution in [0.5, 0.6) is 0 Å². The molecule has 0 radical (unpaired) electrons. The Morgan fingerprint density at radius 2 is 1.70 bits per heavy atom. The Bertz CT molecular complexity index is 1370. The van der Waals surface area contributed by atoms with Crippen molar-refractivity contribution in [3.63, 3.8) is 0 Å². The molecule has 0 bridgehead atoms. The van der Waals surface area contributed by atoms with E-state index in [4.69, 9.17) is 4.42 Å². The van der Waals surface area contributed by atoms with Gasteiger partial charge < -0.3 is 4.42 Å². The van der Waals surface area contributed by atoms with Crippen LogP contribution in [0.4, 0.5) is 5.69 Å². The Hall–Kier alpha value is -2.91. The molecule has 4 rings (SSSR count). The number of aryl methyl sites for hydroxylation is 3. The molecule has 9 heteroatoms. The van der Waals surface area contributed by atoms with Crippen LogP contribution in [0.25, 0.3) is 11.0 Å². The van der Waals surface area contributed by atoms with Crippen molar-refractivity contribution in [3.05, 3.63) is 76.6 Å². The number of rotatable bonds is 6. The zero-order valence-corrected chi connectivity index (χ0v) is 18.4. The van der Waals surface area contributed by atoms with Gasteiger partial charge in [0.1, 0.15) is 5.76 Å². The Balaban J connectivity index is 1.79. The lowest BCUT2D eigenvalue weighted by atomic mass is 10.2. The van der Waals surface area contributed by atoms with E-state index in [1.54, 1.807) is 61.3 Å². The normalized spacial score (nSPS) is 11.8. The molecule has 2 heterocycles. The van der Waals surface area contributed by atoms with Gasteiger partial charge in [-0.15, -0.1) is 11.8 Å². The van der Waals surface area contributed by atoms with E-state index < -0.39 is 10.0 Å². The van der Waals surface area contributed by atoms with Gasteiger partial charge in [-0.1, -0.05) is 17.7 Å². The van der Waals surface area contributed by atoms with Crippen LogP contribution in [0.3, 0.4) is 0 Å². The molecule has 30 heavy (non-hydrogen) atoms. The first kappa shape index (κ1) is 20.4. The second kappa shape index (κ2) is 7.73.